The second-order valence-corrected chi connectivity index (χ2v) is 3.10. The van der Waals surface area contributed by atoms with E-state index in [-0.39, 0.29) is 12.6 Å². The molecule has 0 saturated carbocycles. The Bertz CT molecular complexity index is 155. The molecule has 0 spiro atoms. The van der Waals surface area contributed by atoms with E-state index in [4.69, 9.17) is 9.84 Å². The SMILES string of the molecule is CCOC(C)=O.OCCN1CCOCC1. The number of aliphatic hydroxyl groups excluding tert-OH is 1. The van der Waals surface area contributed by atoms with Gasteiger partial charge in [-0.3, -0.25) is 9.69 Å². The van der Waals surface area contributed by atoms with Crippen LogP contribution in [0.2, 0.25) is 0 Å². The molecule has 90 valence electrons. The van der Waals surface area contributed by atoms with Gasteiger partial charge in [0.25, 0.3) is 0 Å². The molecule has 0 aromatic carbocycles. The Balaban J connectivity index is 0.000000288. The van der Waals surface area contributed by atoms with Crippen LogP contribution in [-0.2, 0) is 14.3 Å². The lowest BCUT2D eigenvalue weighted by Gasteiger charge is -2.25. The van der Waals surface area contributed by atoms with E-state index in [0.29, 0.717) is 6.61 Å². The van der Waals surface area contributed by atoms with Gasteiger partial charge in [-0.25, -0.2) is 0 Å². The van der Waals surface area contributed by atoms with E-state index in [1.807, 2.05) is 0 Å². The van der Waals surface area contributed by atoms with Gasteiger partial charge in [0.2, 0.25) is 0 Å². The Labute approximate surface area is 91.0 Å². The highest BCUT2D eigenvalue weighted by Gasteiger charge is 2.07. The van der Waals surface area contributed by atoms with Crippen molar-refractivity contribution < 1.29 is 19.4 Å². The molecular weight excluding hydrogens is 198 g/mol. The van der Waals surface area contributed by atoms with Gasteiger partial charge in [0.15, 0.2) is 0 Å². The Kier molecular flexibility index (Phi) is 9.46. The lowest BCUT2D eigenvalue weighted by atomic mass is 10.4. The first-order chi connectivity index (χ1) is 7.20. The van der Waals surface area contributed by atoms with Gasteiger partial charge in [0, 0.05) is 26.6 Å². The molecule has 0 amide bonds. The van der Waals surface area contributed by atoms with Crippen LogP contribution in [0.25, 0.3) is 0 Å². The standard InChI is InChI=1S/C6H13NO2.C4H8O2/c8-4-1-7-2-5-9-6-3-7;1-3-6-4(2)5/h8H,1-6H2;3H2,1-2H3. The Morgan fingerprint density at radius 3 is 2.40 bits per heavy atom. The fourth-order valence-electron chi connectivity index (χ4n) is 1.17. The van der Waals surface area contributed by atoms with Gasteiger partial charge in [-0.2, -0.15) is 0 Å². The molecule has 1 fully saturated rings. The number of ether oxygens (including phenoxy) is 2. The van der Waals surface area contributed by atoms with Crippen LogP contribution in [0.15, 0.2) is 0 Å². The minimum atomic E-state index is -0.211. The molecule has 1 N–H and O–H groups in total. The molecule has 1 aliphatic rings. The Morgan fingerprint density at radius 2 is 2.07 bits per heavy atom. The number of carbonyl (C=O) groups is 1. The highest BCUT2D eigenvalue weighted by atomic mass is 16.5. The van der Waals surface area contributed by atoms with Crippen LogP contribution in [0.3, 0.4) is 0 Å². The first-order valence-corrected chi connectivity index (χ1v) is 5.25. The number of aliphatic hydroxyl groups is 1. The summed E-state index contributed by atoms with van der Waals surface area (Å²) in [5, 5.41) is 8.54. The molecule has 0 aromatic rings. The average Bonchev–Trinajstić information content (AvgIpc) is 2.20. The molecule has 5 heteroatoms. The van der Waals surface area contributed by atoms with E-state index in [1.165, 1.54) is 6.92 Å². The van der Waals surface area contributed by atoms with E-state index in [0.717, 1.165) is 32.8 Å². The van der Waals surface area contributed by atoms with Crippen molar-refractivity contribution in [3.63, 3.8) is 0 Å². The minimum Gasteiger partial charge on any atom is -0.466 e. The zero-order valence-electron chi connectivity index (χ0n) is 9.57. The third-order valence-electron chi connectivity index (χ3n) is 1.87. The maximum Gasteiger partial charge on any atom is 0.302 e. The van der Waals surface area contributed by atoms with Crippen molar-refractivity contribution >= 4 is 5.97 Å². The molecule has 5 nitrogen and oxygen atoms in total. The summed E-state index contributed by atoms with van der Waals surface area (Å²) in [6.07, 6.45) is 0. The third kappa shape index (κ3) is 9.65. The van der Waals surface area contributed by atoms with Crippen LogP contribution < -0.4 is 0 Å². The van der Waals surface area contributed by atoms with Crippen LogP contribution >= 0.6 is 0 Å². The highest BCUT2D eigenvalue weighted by Crippen LogP contribution is 1.94. The van der Waals surface area contributed by atoms with Gasteiger partial charge in [0.1, 0.15) is 0 Å². The van der Waals surface area contributed by atoms with E-state index in [2.05, 4.69) is 9.64 Å². The molecule has 0 radical (unpaired) electrons. The predicted molar refractivity (Wildman–Crippen MR) is 56.7 cm³/mol. The number of carbonyl (C=O) groups excluding carboxylic acids is 1. The van der Waals surface area contributed by atoms with E-state index >= 15 is 0 Å². The summed E-state index contributed by atoms with van der Waals surface area (Å²) < 4.78 is 9.53. The quantitative estimate of drug-likeness (QED) is 0.671. The Morgan fingerprint density at radius 1 is 1.47 bits per heavy atom. The molecule has 0 atom stereocenters. The summed E-state index contributed by atoms with van der Waals surface area (Å²) in [4.78, 5) is 12.0. The zero-order chi connectivity index (χ0) is 11.5. The molecule has 0 unspecified atom stereocenters. The van der Waals surface area contributed by atoms with Gasteiger partial charge in [0.05, 0.1) is 26.4 Å². The van der Waals surface area contributed by atoms with Crippen LogP contribution in [0.1, 0.15) is 13.8 Å². The van der Waals surface area contributed by atoms with Crippen molar-refractivity contribution in [2.75, 3.05) is 46.1 Å². The topological polar surface area (TPSA) is 59.0 Å². The van der Waals surface area contributed by atoms with Crippen molar-refractivity contribution in [3.05, 3.63) is 0 Å². The monoisotopic (exact) mass is 219 g/mol. The van der Waals surface area contributed by atoms with E-state index in [1.54, 1.807) is 6.92 Å². The summed E-state index contributed by atoms with van der Waals surface area (Å²) >= 11 is 0. The van der Waals surface area contributed by atoms with Crippen LogP contribution in [-0.4, -0.2) is 62.0 Å². The lowest BCUT2D eigenvalue weighted by molar-refractivity contribution is -0.140. The Hall–Kier alpha value is -0.650. The highest BCUT2D eigenvalue weighted by molar-refractivity contribution is 5.65. The number of morpholine rings is 1. The second kappa shape index (κ2) is 9.89. The molecule has 0 aliphatic carbocycles. The van der Waals surface area contributed by atoms with Gasteiger partial charge in [-0.1, -0.05) is 0 Å². The zero-order valence-corrected chi connectivity index (χ0v) is 9.57. The third-order valence-corrected chi connectivity index (χ3v) is 1.87. The summed E-state index contributed by atoms with van der Waals surface area (Å²) in [5.74, 6) is -0.211. The number of hydrogen-bond acceptors (Lipinski definition) is 5. The summed E-state index contributed by atoms with van der Waals surface area (Å²) in [6.45, 7) is 8.30. The van der Waals surface area contributed by atoms with E-state index in [9.17, 15) is 4.79 Å². The van der Waals surface area contributed by atoms with Crippen molar-refractivity contribution in [1.29, 1.82) is 0 Å². The van der Waals surface area contributed by atoms with Crippen molar-refractivity contribution in [2.45, 2.75) is 13.8 Å². The largest absolute Gasteiger partial charge is 0.466 e. The molecule has 1 heterocycles. The molecule has 0 aromatic heterocycles. The van der Waals surface area contributed by atoms with Gasteiger partial charge in [-0.05, 0) is 6.92 Å². The maximum atomic E-state index is 9.82. The van der Waals surface area contributed by atoms with Crippen LogP contribution in [0, 0.1) is 0 Å². The molecule has 1 aliphatic heterocycles. The minimum absolute atomic E-state index is 0.211. The number of hydrogen-bond donors (Lipinski definition) is 1. The predicted octanol–water partition coefficient (Wildman–Crippen LogP) is -0.120. The normalized spacial score (nSPS) is 16.5. The first-order valence-electron chi connectivity index (χ1n) is 5.25. The number of nitrogens with zero attached hydrogens (tertiary/aromatic N) is 1. The van der Waals surface area contributed by atoms with Gasteiger partial charge < -0.3 is 14.6 Å². The first kappa shape index (κ1) is 14.3. The van der Waals surface area contributed by atoms with Crippen LogP contribution in [0.5, 0.6) is 0 Å². The second-order valence-electron chi connectivity index (χ2n) is 3.10. The van der Waals surface area contributed by atoms with Crippen molar-refractivity contribution in [3.8, 4) is 0 Å². The fourth-order valence-corrected chi connectivity index (χ4v) is 1.17. The van der Waals surface area contributed by atoms with Gasteiger partial charge in [-0.15, -0.1) is 0 Å². The molecule has 15 heavy (non-hydrogen) atoms. The number of β-amino-alcohol motifs (C(OH)–C–C–N with tert-alkyl or cyclic N) is 1. The number of esters is 1. The smallest absolute Gasteiger partial charge is 0.302 e. The summed E-state index contributed by atoms with van der Waals surface area (Å²) in [5.41, 5.74) is 0. The number of rotatable bonds is 3. The van der Waals surface area contributed by atoms with Crippen molar-refractivity contribution in [2.24, 2.45) is 0 Å². The fraction of sp³-hybridized carbons (Fsp3) is 0.900. The summed E-state index contributed by atoms with van der Waals surface area (Å²) in [6, 6.07) is 0. The molecule has 0 bridgehead atoms. The van der Waals surface area contributed by atoms with Crippen molar-refractivity contribution in [1.82, 2.24) is 4.90 Å². The average molecular weight is 219 g/mol. The molecule has 1 rings (SSSR count). The maximum absolute atomic E-state index is 9.82. The van der Waals surface area contributed by atoms with Crippen LogP contribution in [0.4, 0.5) is 0 Å². The molecule has 1 saturated heterocycles. The van der Waals surface area contributed by atoms with Gasteiger partial charge >= 0.3 is 5.97 Å². The molecular formula is C10H21NO4. The summed E-state index contributed by atoms with van der Waals surface area (Å²) in [7, 11) is 0. The lowest BCUT2D eigenvalue weighted by Crippen LogP contribution is -2.37. The van der Waals surface area contributed by atoms with E-state index < -0.39 is 0 Å².